The zero-order valence-electron chi connectivity index (χ0n) is 11.9. The first-order chi connectivity index (χ1) is 10.7. The number of nitrogens with one attached hydrogen (secondary N) is 1. The zero-order chi connectivity index (χ0) is 15.4. The lowest BCUT2D eigenvalue weighted by molar-refractivity contribution is 0.0926. The number of rotatable bonds is 3. The van der Waals surface area contributed by atoms with Crippen molar-refractivity contribution in [3.05, 3.63) is 48.4 Å². The summed E-state index contributed by atoms with van der Waals surface area (Å²) in [5.74, 6) is 0.249. The van der Waals surface area contributed by atoms with Crippen molar-refractivity contribution in [2.24, 2.45) is 0 Å². The number of piperidine rings is 1. The minimum Gasteiger partial charge on any atom is -0.356 e. The largest absolute Gasteiger partial charge is 0.356 e. The number of halogens is 1. The first-order valence-corrected chi connectivity index (χ1v) is 7.16. The highest BCUT2D eigenvalue weighted by Gasteiger charge is 2.22. The van der Waals surface area contributed by atoms with Crippen LogP contribution in [0.5, 0.6) is 0 Å². The van der Waals surface area contributed by atoms with E-state index >= 15 is 0 Å². The maximum atomic E-state index is 12.9. The van der Waals surface area contributed by atoms with Crippen LogP contribution in [-0.4, -0.2) is 40.0 Å². The number of carbonyl (C=O) groups is 1. The van der Waals surface area contributed by atoms with Crippen molar-refractivity contribution in [1.82, 2.24) is 20.3 Å². The molecule has 0 unspecified atom stereocenters. The van der Waals surface area contributed by atoms with Crippen molar-refractivity contribution in [2.45, 2.75) is 18.9 Å². The fourth-order valence-electron chi connectivity index (χ4n) is 2.49. The minimum atomic E-state index is -0.337. The Morgan fingerprint density at radius 3 is 2.68 bits per heavy atom. The Bertz CT molecular complexity index is 626. The number of carbonyl (C=O) groups excluding carboxylic acids is 1. The Balaban J connectivity index is 1.53. The molecule has 0 aromatic carbocycles. The molecule has 2 aromatic heterocycles. The Morgan fingerprint density at radius 1 is 1.23 bits per heavy atom. The SMILES string of the molecule is O=C(NC1CCN(c2ccc(F)cn2)CC1)c1ccncn1. The molecule has 3 rings (SSSR count). The summed E-state index contributed by atoms with van der Waals surface area (Å²) in [6, 6.07) is 4.78. The van der Waals surface area contributed by atoms with Gasteiger partial charge in [-0.2, -0.15) is 0 Å². The highest BCUT2D eigenvalue weighted by molar-refractivity contribution is 5.92. The smallest absolute Gasteiger partial charge is 0.270 e. The van der Waals surface area contributed by atoms with Crippen LogP contribution in [0.3, 0.4) is 0 Å². The van der Waals surface area contributed by atoms with E-state index < -0.39 is 0 Å². The van der Waals surface area contributed by atoms with E-state index in [4.69, 9.17) is 0 Å². The highest BCUT2D eigenvalue weighted by Crippen LogP contribution is 2.18. The van der Waals surface area contributed by atoms with E-state index in [1.54, 1.807) is 18.3 Å². The molecule has 2 aromatic rings. The highest BCUT2D eigenvalue weighted by atomic mass is 19.1. The third-order valence-electron chi connectivity index (χ3n) is 3.68. The second-order valence-electron chi connectivity index (χ2n) is 5.16. The van der Waals surface area contributed by atoms with E-state index in [2.05, 4.69) is 25.2 Å². The Labute approximate surface area is 127 Å². The van der Waals surface area contributed by atoms with Crippen molar-refractivity contribution >= 4 is 11.7 Å². The van der Waals surface area contributed by atoms with Gasteiger partial charge < -0.3 is 10.2 Å². The summed E-state index contributed by atoms with van der Waals surface area (Å²) in [5.41, 5.74) is 0.373. The second-order valence-corrected chi connectivity index (χ2v) is 5.16. The van der Waals surface area contributed by atoms with Crippen LogP contribution in [0.25, 0.3) is 0 Å². The first kappa shape index (κ1) is 14.4. The third kappa shape index (κ3) is 3.36. The van der Waals surface area contributed by atoms with Crippen LogP contribution in [0.1, 0.15) is 23.3 Å². The molecule has 0 saturated carbocycles. The molecule has 0 radical (unpaired) electrons. The van der Waals surface area contributed by atoms with Gasteiger partial charge in [-0.05, 0) is 31.0 Å². The van der Waals surface area contributed by atoms with Crippen molar-refractivity contribution in [3.63, 3.8) is 0 Å². The number of aromatic nitrogens is 3. The van der Waals surface area contributed by atoms with Gasteiger partial charge in [0, 0.05) is 25.3 Å². The van der Waals surface area contributed by atoms with Gasteiger partial charge in [0.1, 0.15) is 23.7 Å². The lowest BCUT2D eigenvalue weighted by Gasteiger charge is -2.33. The normalized spacial score (nSPS) is 15.6. The van der Waals surface area contributed by atoms with Gasteiger partial charge in [0.15, 0.2) is 0 Å². The lowest BCUT2D eigenvalue weighted by Crippen LogP contribution is -2.45. The standard InChI is InChI=1S/C15H16FN5O/c16-11-1-2-14(18-9-11)21-7-4-12(5-8-21)20-15(22)13-3-6-17-10-19-13/h1-3,6,9-10,12H,4-5,7-8H2,(H,20,22). The molecule has 1 aliphatic rings. The van der Waals surface area contributed by atoms with Gasteiger partial charge in [0.2, 0.25) is 0 Å². The van der Waals surface area contributed by atoms with Crippen LogP contribution in [0.4, 0.5) is 10.2 Å². The summed E-state index contributed by atoms with van der Waals surface area (Å²) < 4.78 is 12.9. The van der Waals surface area contributed by atoms with Crippen molar-refractivity contribution < 1.29 is 9.18 Å². The summed E-state index contributed by atoms with van der Waals surface area (Å²) in [6.07, 6.45) is 5.76. The average molecular weight is 301 g/mol. The fourth-order valence-corrected chi connectivity index (χ4v) is 2.49. The van der Waals surface area contributed by atoms with Crippen molar-refractivity contribution in [2.75, 3.05) is 18.0 Å². The predicted octanol–water partition coefficient (Wildman–Crippen LogP) is 1.41. The van der Waals surface area contributed by atoms with Gasteiger partial charge >= 0.3 is 0 Å². The molecule has 1 aliphatic heterocycles. The molecule has 0 aliphatic carbocycles. The molecule has 1 fully saturated rings. The average Bonchev–Trinajstić information content (AvgIpc) is 2.57. The fraction of sp³-hybridized carbons (Fsp3) is 0.333. The van der Waals surface area contributed by atoms with Crippen LogP contribution in [0.2, 0.25) is 0 Å². The van der Waals surface area contributed by atoms with Crippen LogP contribution in [0, 0.1) is 5.82 Å². The van der Waals surface area contributed by atoms with E-state index in [9.17, 15) is 9.18 Å². The Hall–Kier alpha value is -2.57. The Kier molecular flexibility index (Phi) is 4.22. The molecule has 0 bridgehead atoms. The summed E-state index contributed by atoms with van der Waals surface area (Å²) in [5, 5.41) is 2.98. The molecule has 22 heavy (non-hydrogen) atoms. The summed E-state index contributed by atoms with van der Waals surface area (Å²) in [4.78, 5) is 25.9. The number of anilines is 1. The predicted molar refractivity (Wildman–Crippen MR) is 78.9 cm³/mol. The maximum absolute atomic E-state index is 12.9. The molecule has 1 saturated heterocycles. The van der Waals surface area contributed by atoms with E-state index in [1.165, 1.54) is 18.6 Å². The number of nitrogens with zero attached hydrogens (tertiary/aromatic N) is 4. The van der Waals surface area contributed by atoms with E-state index in [0.29, 0.717) is 5.69 Å². The minimum absolute atomic E-state index is 0.110. The monoisotopic (exact) mass is 301 g/mol. The number of hydrogen-bond acceptors (Lipinski definition) is 5. The Morgan fingerprint density at radius 2 is 2.05 bits per heavy atom. The maximum Gasteiger partial charge on any atom is 0.270 e. The van der Waals surface area contributed by atoms with E-state index in [1.807, 2.05) is 0 Å². The number of amides is 1. The topological polar surface area (TPSA) is 71.0 Å². The molecular weight excluding hydrogens is 285 g/mol. The van der Waals surface area contributed by atoms with Gasteiger partial charge in [0.05, 0.1) is 6.20 Å². The van der Waals surface area contributed by atoms with Crippen molar-refractivity contribution in [3.8, 4) is 0 Å². The lowest BCUT2D eigenvalue weighted by atomic mass is 10.0. The van der Waals surface area contributed by atoms with Crippen LogP contribution in [0.15, 0.2) is 36.9 Å². The molecule has 0 spiro atoms. The summed E-state index contributed by atoms with van der Waals surface area (Å²) in [7, 11) is 0. The quantitative estimate of drug-likeness (QED) is 0.928. The van der Waals surface area contributed by atoms with E-state index in [-0.39, 0.29) is 17.8 Å². The zero-order valence-corrected chi connectivity index (χ0v) is 11.9. The molecule has 0 atom stereocenters. The first-order valence-electron chi connectivity index (χ1n) is 7.16. The van der Waals surface area contributed by atoms with Gasteiger partial charge in [-0.1, -0.05) is 0 Å². The molecule has 1 N–H and O–H groups in total. The summed E-state index contributed by atoms with van der Waals surface area (Å²) >= 11 is 0. The summed E-state index contributed by atoms with van der Waals surface area (Å²) in [6.45, 7) is 1.54. The van der Waals surface area contributed by atoms with Gasteiger partial charge in [-0.15, -0.1) is 0 Å². The van der Waals surface area contributed by atoms with Gasteiger partial charge in [-0.25, -0.2) is 19.3 Å². The number of pyridine rings is 1. The molecule has 7 heteroatoms. The molecular formula is C15H16FN5O. The molecule has 6 nitrogen and oxygen atoms in total. The van der Waals surface area contributed by atoms with Gasteiger partial charge in [0.25, 0.3) is 5.91 Å². The van der Waals surface area contributed by atoms with Gasteiger partial charge in [-0.3, -0.25) is 4.79 Å². The van der Waals surface area contributed by atoms with Crippen LogP contribution >= 0.6 is 0 Å². The van der Waals surface area contributed by atoms with Crippen molar-refractivity contribution in [1.29, 1.82) is 0 Å². The molecule has 3 heterocycles. The van der Waals surface area contributed by atoms with Crippen LogP contribution in [-0.2, 0) is 0 Å². The second kappa shape index (κ2) is 6.46. The molecule has 114 valence electrons. The van der Waals surface area contributed by atoms with Crippen LogP contribution < -0.4 is 10.2 Å². The number of hydrogen-bond donors (Lipinski definition) is 1. The third-order valence-corrected chi connectivity index (χ3v) is 3.68. The van der Waals surface area contributed by atoms with E-state index in [0.717, 1.165) is 31.7 Å². The molecule has 1 amide bonds.